The van der Waals surface area contributed by atoms with Crippen LogP contribution in [0.2, 0.25) is 0 Å². The average molecular weight is 186 g/mol. The number of hydrogen-bond donors (Lipinski definition) is 3. The second-order valence-corrected chi connectivity index (χ2v) is 2.70. The minimum Gasteiger partial charge on any atom is -0.392 e. The van der Waals surface area contributed by atoms with Crippen LogP contribution in [0.1, 0.15) is 16.7 Å². The average Bonchev–Trinajstić information content (AvgIpc) is 2.18. The van der Waals surface area contributed by atoms with Gasteiger partial charge in [0.15, 0.2) is 0 Å². The van der Waals surface area contributed by atoms with Crippen LogP contribution in [0.25, 0.3) is 0 Å². The summed E-state index contributed by atoms with van der Waals surface area (Å²) in [6, 6.07) is 2.74. The molecule has 0 amide bonds. The maximum Gasteiger partial charge on any atom is 0.134 e. The smallest absolute Gasteiger partial charge is 0.134 e. The number of aliphatic hydroxyl groups is 3. The highest BCUT2D eigenvalue weighted by Gasteiger charge is 2.08. The predicted molar refractivity (Wildman–Crippen MR) is 44.2 cm³/mol. The van der Waals surface area contributed by atoms with Crippen LogP contribution in [0.15, 0.2) is 12.1 Å². The molecular weight excluding hydrogens is 175 g/mol. The Kier molecular flexibility index (Phi) is 3.36. The lowest BCUT2D eigenvalue weighted by atomic mass is 10.1. The summed E-state index contributed by atoms with van der Waals surface area (Å²) in [5.74, 6) is -0.609. The minimum absolute atomic E-state index is 0.0931. The molecule has 0 atom stereocenters. The Morgan fingerprint density at radius 3 is 1.69 bits per heavy atom. The van der Waals surface area contributed by atoms with Gasteiger partial charge in [-0.25, -0.2) is 4.39 Å². The molecular formula is C9H11FO3. The van der Waals surface area contributed by atoms with E-state index >= 15 is 0 Å². The molecule has 4 heteroatoms. The fourth-order valence-corrected chi connectivity index (χ4v) is 1.14. The number of halogens is 1. The predicted octanol–water partition coefficient (Wildman–Crippen LogP) is 0.303. The molecule has 0 unspecified atom stereocenters. The molecule has 0 aliphatic carbocycles. The molecule has 0 aromatic heterocycles. The van der Waals surface area contributed by atoms with Gasteiger partial charge in [-0.2, -0.15) is 0 Å². The van der Waals surface area contributed by atoms with Crippen LogP contribution < -0.4 is 0 Å². The largest absolute Gasteiger partial charge is 0.392 e. The quantitative estimate of drug-likeness (QED) is 0.636. The third-order valence-electron chi connectivity index (χ3n) is 1.81. The zero-order valence-electron chi connectivity index (χ0n) is 7.00. The summed E-state index contributed by atoms with van der Waals surface area (Å²) in [5.41, 5.74) is 0.667. The molecule has 0 fully saturated rings. The Labute approximate surface area is 75.1 Å². The first-order valence-corrected chi connectivity index (χ1v) is 3.85. The molecule has 13 heavy (non-hydrogen) atoms. The van der Waals surface area contributed by atoms with Gasteiger partial charge in [0.05, 0.1) is 19.8 Å². The monoisotopic (exact) mass is 186 g/mol. The van der Waals surface area contributed by atoms with Gasteiger partial charge in [-0.15, -0.1) is 0 Å². The van der Waals surface area contributed by atoms with Crippen LogP contribution in [0.5, 0.6) is 0 Å². The van der Waals surface area contributed by atoms with E-state index in [-0.39, 0.29) is 17.7 Å². The highest BCUT2D eigenvalue weighted by Crippen LogP contribution is 2.16. The molecule has 1 aromatic carbocycles. The van der Waals surface area contributed by atoms with E-state index in [4.69, 9.17) is 15.3 Å². The Hall–Kier alpha value is -0.970. The summed E-state index contributed by atoms with van der Waals surface area (Å²) in [5, 5.41) is 26.3. The van der Waals surface area contributed by atoms with E-state index in [9.17, 15) is 4.39 Å². The number of rotatable bonds is 3. The molecule has 0 heterocycles. The second kappa shape index (κ2) is 4.32. The molecule has 0 radical (unpaired) electrons. The number of benzene rings is 1. The topological polar surface area (TPSA) is 60.7 Å². The van der Waals surface area contributed by atoms with Gasteiger partial charge < -0.3 is 15.3 Å². The minimum atomic E-state index is -0.609. The first kappa shape index (κ1) is 10.1. The highest BCUT2D eigenvalue weighted by molar-refractivity contribution is 5.31. The van der Waals surface area contributed by atoms with E-state index in [0.717, 1.165) is 0 Å². The van der Waals surface area contributed by atoms with Crippen LogP contribution >= 0.6 is 0 Å². The van der Waals surface area contributed by atoms with Crippen molar-refractivity contribution in [3.63, 3.8) is 0 Å². The summed E-state index contributed by atoms with van der Waals surface area (Å²) in [6.45, 7) is -1.11. The summed E-state index contributed by atoms with van der Waals surface area (Å²) >= 11 is 0. The van der Waals surface area contributed by atoms with Gasteiger partial charge in [0.1, 0.15) is 5.82 Å². The zero-order chi connectivity index (χ0) is 9.84. The molecule has 3 N–H and O–H groups in total. The second-order valence-electron chi connectivity index (χ2n) is 2.70. The highest BCUT2D eigenvalue weighted by atomic mass is 19.1. The fraction of sp³-hybridized carbons (Fsp3) is 0.333. The van der Waals surface area contributed by atoms with Crippen molar-refractivity contribution in [1.82, 2.24) is 0 Å². The van der Waals surface area contributed by atoms with E-state index in [1.165, 1.54) is 12.1 Å². The van der Waals surface area contributed by atoms with Crippen molar-refractivity contribution in [3.05, 3.63) is 34.6 Å². The number of aliphatic hydroxyl groups excluding tert-OH is 3. The van der Waals surface area contributed by atoms with Crippen molar-refractivity contribution >= 4 is 0 Å². The van der Waals surface area contributed by atoms with Crippen molar-refractivity contribution < 1.29 is 19.7 Å². The third kappa shape index (κ3) is 2.03. The Morgan fingerprint density at radius 2 is 1.38 bits per heavy atom. The maximum absolute atomic E-state index is 13.2. The van der Waals surface area contributed by atoms with Gasteiger partial charge in [0, 0.05) is 11.1 Å². The van der Waals surface area contributed by atoms with Crippen molar-refractivity contribution in [2.24, 2.45) is 0 Å². The van der Waals surface area contributed by atoms with Crippen molar-refractivity contribution in [2.45, 2.75) is 19.8 Å². The van der Waals surface area contributed by atoms with E-state index in [0.29, 0.717) is 5.56 Å². The SMILES string of the molecule is OCc1cc(CO)c(F)c(CO)c1. The first-order valence-electron chi connectivity index (χ1n) is 3.85. The van der Waals surface area contributed by atoms with Crippen LogP contribution in [-0.4, -0.2) is 15.3 Å². The summed E-state index contributed by atoms with van der Waals surface area (Å²) in [4.78, 5) is 0. The van der Waals surface area contributed by atoms with Gasteiger partial charge >= 0.3 is 0 Å². The van der Waals surface area contributed by atoms with Crippen LogP contribution in [0, 0.1) is 5.82 Å². The molecule has 0 spiro atoms. The Balaban J connectivity index is 3.20. The molecule has 1 rings (SSSR count). The standard InChI is InChI=1S/C9H11FO3/c10-9-7(4-12)1-6(3-11)2-8(9)5-13/h1-2,11-13H,3-5H2. The molecule has 0 saturated carbocycles. The summed E-state index contributed by atoms with van der Waals surface area (Å²) in [6.07, 6.45) is 0. The maximum atomic E-state index is 13.2. The lowest BCUT2D eigenvalue weighted by molar-refractivity contribution is 0.259. The summed E-state index contributed by atoms with van der Waals surface area (Å²) < 4.78 is 13.2. The van der Waals surface area contributed by atoms with Crippen LogP contribution in [0.3, 0.4) is 0 Å². The fourth-order valence-electron chi connectivity index (χ4n) is 1.14. The molecule has 0 aliphatic rings. The molecule has 72 valence electrons. The molecule has 0 bridgehead atoms. The van der Waals surface area contributed by atoms with E-state index in [2.05, 4.69) is 0 Å². The van der Waals surface area contributed by atoms with Crippen molar-refractivity contribution in [3.8, 4) is 0 Å². The Bertz CT molecular complexity index is 274. The Morgan fingerprint density at radius 1 is 0.923 bits per heavy atom. The summed E-state index contributed by atoms with van der Waals surface area (Å²) in [7, 11) is 0. The third-order valence-corrected chi connectivity index (χ3v) is 1.81. The molecule has 1 aromatic rings. The molecule has 0 aliphatic heterocycles. The van der Waals surface area contributed by atoms with Gasteiger partial charge in [-0.3, -0.25) is 0 Å². The number of hydrogen-bond acceptors (Lipinski definition) is 3. The van der Waals surface area contributed by atoms with Gasteiger partial charge in [0.25, 0.3) is 0 Å². The van der Waals surface area contributed by atoms with Gasteiger partial charge in [-0.1, -0.05) is 0 Å². The van der Waals surface area contributed by atoms with Crippen molar-refractivity contribution in [1.29, 1.82) is 0 Å². The van der Waals surface area contributed by atoms with Crippen LogP contribution in [0.4, 0.5) is 4.39 Å². The van der Waals surface area contributed by atoms with Gasteiger partial charge in [-0.05, 0) is 17.7 Å². The lowest BCUT2D eigenvalue weighted by Crippen LogP contribution is -2.00. The first-order chi connectivity index (χ1) is 6.22. The van der Waals surface area contributed by atoms with Crippen molar-refractivity contribution in [2.75, 3.05) is 0 Å². The normalized spacial score (nSPS) is 10.5. The zero-order valence-corrected chi connectivity index (χ0v) is 7.00. The molecule has 3 nitrogen and oxygen atoms in total. The van der Waals surface area contributed by atoms with E-state index in [1.54, 1.807) is 0 Å². The lowest BCUT2D eigenvalue weighted by Gasteiger charge is -2.06. The van der Waals surface area contributed by atoms with Crippen LogP contribution in [-0.2, 0) is 19.8 Å². The van der Waals surface area contributed by atoms with E-state index in [1.807, 2.05) is 0 Å². The van der Waals surface area contributed by atoms with Gasteiger partial charge in [0.2, 0.25) is 0 Å². The van der Waals surface area contributed by atoms with E-state index < -0.39 is 19.0 Å². The molecule has 0 saturated heterocycles.